The van der Waals surface area contributed by atoms with Crippen molar-refractivity contribution < 1.29 is 28.7 Å². The highest BCUT2D eigenvalue weighted by atomic mass is 79.9. The first-order chi connectivity index (χ1) is 19.0. The molecule has 6 atom stereocenters. The number of amides is 4. The van der Waals surface area contributed by atoms with Gasteiger partial charge in [-0.3, -0.25) is 29.0 Å². The van der Waals surface area contributed by atoms with E-state index in [2.05, 4.69) is 15.9 Å². The number of imide groups is 2. The summed E-state index contributed by atoms with van der Waals surface area (Å²) in [5, 5.41) is 9.84. The maximum atomic E-state index is 14.6. The van der Waals surface area contributed by atoms with Gasteiger partial charge in [0.25, 0.3) is 11.8 Å². The SMILES string of the molecule is CCc1ccc(N2C(=O)C3CC=C4C(CC5(Cl)C(=O)N(CBr)C(=O)C5(Cl)C4c4ccc(O)c(F)c4)C3C2=O)cc1. The molecule has 2 aliphatic carbocycles. The lowest BCUT2D eigenvalue weighted by atomic mass is 9.56. The van der Waals surface area contributed by atoms with Crippen LogP contribution in [0.15, 0.2) is 54.1 Å². The lowest BCUT2D eigenvalue weighted by Gasteiger charge is -2.50. The van der Waals surface area contributed by atoms with Gasteiger partial charge in [0.1, 0.15) is 0 Å². The molecule has 0 spiro atoms. The molecule has 2 saturated heterocycles. The first kappa shape index (κ1) is 27.4. The number of allylic oxidation sites excluding steroid dienone is 2. The number of carbonyl (C=O) groups excluding carboxylic acids is 4. The number of aryl methyl sites for hydroxylation is 1. The number of carbonyl (C=O) groups is 4. The van der Waals surface area contributed by atoms with Crippen LogP contribution in [0.2, 0.25) is 0 Å². The zero-order chi connectivity index (χ0) is 28.7. The fourth-order valence-corrected chi connectivity index (χ4v) is 8.39. The highest BCUT2D eigenvalue weighted by molar-refractivity contribution is 9.09. The number of aromatic hydroxyl groups is 1. The Morgan fingerprint density at radius 2 is 1.73 bits per heavy atom. The summed E-state index contributed by atoms with van der Waals surface area (Å²) >= 11 is 17.4. The van der Waals surface area contributed by atoms with Gasteiger partial charge in [-0.1, -0.05) is 52.7 Å². The molecule has 2 aromatic rings. The molecule has 3 fully saturated rings. The fraction of sp³-hybridized carbons (Fsp3) is 0.379. The van der Waals surface area contributed by atoms with E-state index in [0.717, 1.165) is 29.0 Å². The quantitative estimate of drug-likeness (QED) is 0.218. The van der Waals surface area contributed by atoms with Crippen LogP contribution in [0.25, 0.3) is 0 Å². The fourth-order valence-electron chi connectivity index (χ4n) is 6.96. The van der Waals surface area contributed by atoms with Crippen molar-refractivity contribution in [2.75, 3.05) is 10.4 Å². The van der Waals surface area contributed by atoms with Crippen molar-refractivity contribution in [1.82, 2.24) is 4.90 Å². The van der Waals surface area contributed by atoms with Gasteiger partial charge in [0.15, 0.2) is 21.3 Å². The molecule has 0 radical (unpaired) electrons. The molecule has 1 N–H and O–H groups in total. The van der Waals surface area contributed by atoms with E-state index in [-0.39, 0.29) is 29.8 Å². The Morgan fingerprint density at radius 3 is 2.35 bits per heavy atom. The Labute approximate surface area is 248 Å². The number of anilines is 1. The van der Waals surface area contributed by atoms with E-state index in [1.807, 2.05) is 19.1 Å². The van der Waals surface area contributed by atoms with Gasteiger partial charge >= 0.3 is 0 Å². The lowest BCUT2D eigenvalue weighted by molar-refractivity contribution is -0.138. The summed E-state index contributed by atoms with van der Waals surface area (Å²) in [4.78, 5) is 53.0. The van der Waals surface area contributed by atoms with E-state index in [1.54, 1.807) is 18.2 Å². The average molecular weight is 650 g/mol. The van der Waals surface area contributed by atoms with Crippen molar-refractivity contribution in [1.29, 1.82) is 0 Å². The van der Waals surface area contributed by atoms with Gasteiger partial charge in [0.05, 0.1) is 23.0 Å². The number of phenolic OH excluding ortho intramolecular Hbond substituents is 1. The minimum atomic E-state index is -2.03. The average Bonchev–Trinajstić information content (AvgIpc) is 3.28. The number of benzene rings is 2. The number of likely N-dealkylation sites (tertiary alicyclic amines) is 1. The van der Waals surface area contributed by atoms with Crippen molar-refractivity contribution >= 4 is 68.4 Å². The molecule has 7 nitrogen and oxygen atoms in total. The van der Waals surface area contributed by atoms with Gasteiger partial charge in [-0.15, -0.1) is 23.2 Å². The highest BCUT2D eigenvalue weighted by Gasteiger charge is 2.76. The second-order valence-corrected chi connectivity index (χ2v) is 12.5. The number of hydrogen-bond acceptors (Lipinski definition) is 5. The van der Waals surface area contributed by atoms with Gasteiger partial charge in [0.2, 0.25) is 11.8 Å². The standard InChI is InChI=1S/C29H24BrCl2FN2O5/c1-2-14-3-6-16(7-4-14)35-24(37)18-9-8-17-19(22(18)25(35)38)12-28(31)26(39)34(13-30)27(40)29(28,32)23(17)15-5-10-21(36)20(33)11-15/h3-8,10-11,18-19,22-23,36H,2,9,12-13H2,1H3. The second-order valence-electron chi connectivity index (χ2n) is 10.7. The Balaban J connectivity index is 1.50. The summed E-state index contributed by atoms with van der Waals surface area (Å²) in [5.74, 6) is -7.09. The van der Waals surface area contributed by atoms with Crippen molar-refractivity contribution in [3.63, 3.8) is 0 Å². The molecule has 4 aliphatic rings. The van der Waals surface area contributed by atoms with Crippen LogP contribution in [-0.4, -0.2) is 48.8 Å². The number of nitrogens with zero attached hydrogens (tertiary/aromatic N) is 2. The first-order valence-electron chi connectivity index (χ1n) is 12.9. The highest BCUT2D eigenvalue weighted by Crippen LogP contribution is 2.65. The molecule has 4 amide bonds. The van der Waals surface area contributed by atoms with E-state index >= 15 is 0 Å². The molecule has 11 heteroatoms. The number of rotatable bonds is 4. The van der Waals surface area contributed by atoms with Crippen molar-refractivity contribution in [3.8, 4) is 5.75 Å². The Kier molecular flexibility index (Phi) is 6.44. The molecular weight excluding hydrogens is 626 g/mol. The number of phenols is 1. The summed E-state index contributed by atoms with van der Waals surface area (Å²) in [6.45, 7) is 2.01. The number of fused-ring (bicyclic) bond motifs is 4. The Morgan fingerprint density at radius 1 is 1.02 bits per heavy atom. The summed E-state index contributed by atoms with van der Waals surface area (Å²) in [7, 11) is 0. The predicted octanol–water partition coefficient (Wildman–Crippen LogP) is 5.01. The van der Waals surface area contributed by atoms with E-state index < -0.39 is 62.7 Å². The monoisotopic (exact) mass is 648 g/mol. The molecule has 6 rings (SSSR count). The molecular formula is C29H24BrCl2FN2O5. The molecule has 208 valence electrons. The van der Waals surface area contributed by atoms with Crippen LogP contribution < -0.4 is 4.90 Å². The first-order valence-corrected chi connectivity index (χ1v) is 14.8. The van der Waals surface area contributed by atoms with E-state index in [1.165, 1.54) is 11.0 Å². The molecule has 1 saturated carbocycles. The molecule has 0 bridgehead atoms. The zero-order valence-electron chi connectivity index (χ0n) is 21.2. The topological polar surface area (TPSA) is 95.0 Å². The van der Waals surface area contributed by atoms with Crippen LogP contribution >= 0.6 is 39.1 Å². The summed E-state index contributed by atoms with van der Waals surface area (Å²) < 4.78 is 14.6. The number of halogens is 4. The number of hydrogen-bond donors (Lipinski definition) is 1. The normalized spacial score (nSPS) is 33.2. The largest absolute Gasteiger partial charge is 0.505 e. The van der Waals surface area contributed by atoms with Gasteiger partial charge in [-0.25, -0.2) is 4.39 Å². The summed E-state index contributed by atoms with van der Waals surface area (Å²) in [5.41, 5.74) is 2.15. The van der Waals surface area contributed by atoms with Crippen LogP contribution in [0.5, 0.6) is 5.75 Å². The molecule has 6 unspecified atom stereocenters. The van der Waals surface area contributed by atoms with E-state index in [0.29, 0.717) is 11.3 Å². The minimum absolute atomic E-state index is 0.154. The van der Waals surface area contributed by atoms with Crippen molar-refractivity contribution in [2.45, 2.75) is 41.9 Å². The van der Waals surface area contributed by atoms with Crippen LogP contribution in [0.3, 0.4) is 0 Å². The molecule has 40 heavy (non-hydrogen) atoms. The van der Waals surface area contributed by atoms with Gasteiger partial charge < -0.3 is 5.11 Å². The molecule has 2 heterocycles. The third kappa shape index (κ3) is 3.46. The maximum Gasteiger partial charge on any atom is 0.254 e. The number of alkyl halides is 3. The van der Waals surface area contributed by atoms with E-state index in [4.69, 9.17) is 23.2 Å². The third-order valence-corrected chi connectivity index (χ3v) is 10.8. The summed E-state index contributed by atoms with van der Waals surface area (Å²) in [6, 6.07) is 10.8. The lowest BCUT2D eigenvalue weighted by Crippen LogP contribution is -2.60. The van der Waals surface area contributed by atoms with Gasteiger partial charge in [-0.2, -0.15) is 0 Å². The van der Waals surface area contributed by atoms with Crippen molar-refractivity contribution in [3.05, 3.63) is 71.1 Å². The second kappa shape index (κ2) is 9.39. The third-order valence-electron chi connectivity index (χ3n) is 8.92. The van der Waals surface area contributed by atoms with Gasteiger partial charge in [0, 0.05) is 5.92 Å². The Hall–Kier alpha value is -2.75. The minimum Gasteiger partial charge on any atom is -0.505 e. The Bertz CT molecular complexity index is 1520. The predicted molar refractivity (Wildman–Crippen MR) is 150 cm³/mol. The van der Waals surface area contributed by atoms with Crippen LogP contribution in [0.1, 0.15) is 36.8 Å². The van der Waals surface area contributed by atoms with Crippen molar-refractivity contribution in [2.24, 2.45) is 17.8 Å². The summed E-state index contributed by atoms with van der Waals surface area (Å²) in [6.07, 6.45) is 2.63. The van der Waals surface area contributed by atoms with Crippen LogP contribution in [-0.2, 0) is 25.6 Å². The van der Waals surface area contributed by atoms with Crippen LogP contribution in [0, 0.1) is 23.6 Å². The maximum absolute atomic E-state index is 14.6. The van der Waals surface area contributed by atoms with Gasteiger partial charge in [-0.05, 0) is 60.6 Å². The molecule has 2 aliphatic heterocycles. The van der Waals surface area contributed by atoms with Crippen LogP contribution in [0.4, 0.5) is 10.1 Å². The molecule has 0 aromatic heterocycles. The zero-order valence-corrected chi connectivity index (χ0v) is 24.3. The van der Waals surface area contributed by atoms with E-state index in [9.17, 15) is 28.7 Å². The molecule has 2 aromatic carbocycles. The smallest absolute Gasteiger partial charge is 0.254 e.